The summed E-state index contributed by atoms with van der Waals surface area (Å²) in [5.41, 5.74) is 24.5. The van der Waals surface area contributed by atoms with Crippen LogP contribution in [0.25, 0.3) is 99.1 Å². The van der Waals surface area contributed by atoms with Crippen LogP contribution in [-0.4, -0.2) is 0 Å². The molecule has 0 heteroatoms. The van der Waals surface area contributed by atoms with Crippen LogP contribution in [0.3, 0.4) is 0 Å². The largest absolute Gasteiger partial charge is 0.0654 e. The number of hydrogen-bond acceptors (Lipinski definition) is 0. The normalized spacial score (nSPS) is 11.7. The van der Waals surface area contributed by atoms with Crippen molar-refractivity contribution < 1.29 is 0 Å². The van der Waals surface area contributed by atoms with Gasteiger partial charge in [0.25, 0.3) is 0 Å². The second-order valence-electron chi connectivity index (χ2n) is 33.1. The lowest BCUT2D eigenvalue weighted by Gasteiger charge is -2.28. The molecule has 0 aliphatic carbocycles. The van der Waals surface area contributed by atoms with Gasteiger partial charge in [-0.25, -0.2) is 0 Å². The van der Waals surface area contributed by atoms with Crippen LogP contribution in [0.5, 0.6) is 0 Å². The van der Waals surface area contributed by atoms with Gasteiger partial charge >= 0.3 is 0 Å². The average molecular weight is 1440 g/mol. The monoisotopic (exact) mass is 1440 g/mol. The molecule has 0 saturated heterocycles. The highest BCUT2D eigenvalue weighted by Crippen LogP contribution is 2.57. The van der Waals surface area contributed by atoms with Crippen molar-refractivity contribution in [2.24, 2.45) is 0 Å². The van der Waals surface area contributed by atoms with Crippen molar-refractivity contribution in [2.45, 2.75) is 350 Å². The Bertz CT molecular complexity index is 4100. The van der Waals surface area contributed by atoms with Gasteiger partial charge < -0.3 is 0 Å². The Morgan fingerprint density at radius 1 is 0.148 bits per heavy atom. The van der Waals surface area contributed by atoms with E-state index < -0.39 is 0 Å². The van der Waals surface area contributed by atoms with Gasteiger partial charge in [-0.3, -0.25) is 0 Å². The molecule has 0 bridgehead atoms. The molecule has 0 nitrogen and oxygen atoms in total. The fourth-order valence-corrected chi connectivity index (χ4v) is 17.7. The molecule has 0 radical (unpaired) electrons. The third-order valence-corrected chi connectivity index (χ3v) is 24.3. The number of benzene rings is 10. The van der Waals surface area contributed by atoms with E-state index in [9.17, 15) is 0 Å². The number of rotatable bonds is 54. The first kappa shape index (κ1) is 83.5. The van der Waals surface area contributed by atoms with Crippen molar-refractivity contribution in [2.75, 3.05) is 0 Å². The molecule has 0 fully saturated rings. The topological polar surface area (TPSA) is 0 Å². The molecular weight excluding hydrogens is 1300 g/mol. The van der Waals surface area contributed by atoms with E-state index in [0.717, 1.165) is 38.5 Å². The Labute approximate surface area is 660 Å². The summed E-state index contributed by atoms with van der Waals surface area (Å²) in [7, 11) is 0. The average Bonchev–Trinajstić information content (AvgIpc) is 0.690. The number of unbranched alkanes of at least 4 members (excludes halogenated alkanes) is 36. The summed E-state index contributed by atoms with van der Waals surface area (Å²) in [5.74, 6) is 0. The molecule has 0 heterocycles. The van der Waals surface area contributed by atoms with Crippen LogP contribution in [0.15, 0.2) is 182 Å². The standard InChI is InChI=1S/C108H144/c1-7-13-19-25-31-37-43-51-85-59-71-91(72-60-85)97-83-84-100-98-57-49-50-58-99(98)107-104(95-79-67-89(68-80-95)55-47-41-35-29-23-17-11-5)102(93-75-63-87(64-76-93)53-45-39-33-27-21-15-9-3)103(94-77-65-88(66-78-94)54-46-40-34-28-22-16-10-4)105(96-81-69-90(70-82-96)56-48-42-36-30-24-18-12-6)108(107)106(100)101(97)92-73-61-86(62-74-92)52-44-38-32-26-20-14-8-2/h49-50,57-84H,7-48,51-56H2,1-6H3. The summed E-state index contributed by atoms with van der Waals surface area (Å²) in [4.78, 5) is 0. The molecule has 10 aromatic rings. The van der Waals surface area contributed by atoms with E-state index in [1.165, 1.54) is 402 Å². The van der Waals surface area contributed by atoms with Crippen molar-refractivity contribution in [1.82, 2.24) is 0 Å². The molecule has 576 valence electrons. The highest BCUT2D eigenvalue weighted by Gasteiger charge is 2.30. The van der Waals surface area contributed by atoms with Gasteiger partial charge in [0, 0.05) is 0 Å². The minimum absolute atomic E-state index is 1.11. The second-order valence-corrected chi connectivity index (χ2v) is 33.1. The van der Waals surface area contributed by atoms with Crippen molar-refractivity contribution in [3.63, 3.8) is 0 Å². The zero-order chi connectivity index (χ0) is 75.0. The summed E-state index contributed by atoms with van der Waals surface area (Å²) in [6, 6.07) is 75.2. The maximum Gasteiger partial charge on any atom is -0.0000940 e. The van der Waals surface area contributed by atoms with Crippen molar-refractivity contribution in [3.05, 3.63) is 215 Å². The molecule has 0 unspecified atom stereocenters. The molecule has 0 N–H and O–H groups in total. The Morgan fingerprint density at radius 2 is 0.352 bits per heavy atom. The summed E-state index contributed by atoms with van der Waals surface area (Å²) in [6.07, 6.45) is 62.2. The minimum atomic E-state index is 1.11. The van der Waals surface area contributed by atoms with Crippen molar-refractivity contribution >= 4 is 32.3 Å². The van der Waals surface area contributed by atoms with Gasteiger partial charge in [-0.1, -0.05) is 455 Å². The van der Waals surface area contributed by atoms with Gasteiger partial charge in [0.05, 0.1) is 0 Å². The Kier molecular flexibility index (Phi) is 37.0. The van der Waals surface area contributed by atoms with E-state index in [-0.39, 0.29) is 0 Å². The van der Waals surface area contributed by atoms with Crippen LogP contribution in [0, 0.1) is 0 Å². The van der Waals surface area contributed by atoms with Gasteiger partial charge in [-0.2, -0.15) is 0 Å². The van der Waals surface area contributed by atoms with Crippen LogP contribution in [0.2, 0.25) is 0 Å². The molecule has 10 aromatic carbocycles. The minimum Gasteiger partial charge on any atom is -0.0654 e. The molecule has 0 aliphatic rings. The molecule has 0 aromatic heterocycles. The number of aryl methyl sites for hydroxylation is 6. The number of fused-ring (bicyclic) bond motifs is 6. The van der Waals surface area contributed by atoms with Crippen LogP contribution < -0.4 is 0 Å². The zero-order valence-electron chi connectivity index (χ0n) is 69.3. The smallest absolute Gasteiger partial charge is 0.0000940 e. The summed E-state index contributed by atoms with van der Waals surface area (Å²) >= 11 is 0. The van der Waals surface area contributed by atoms with E-state index in [4.69, 9.17) is 0 Å². The van der Waals surface area contributed by atoms with Crippen LogP contribution in [0.4, 0.5) is 0 Å². The van der Waals surface area contributed by atoms with E-state index >= 15 is 0 Å². The van der Waals surface area contributed by atoms with Crippen molar-refractivity contribution in [1.29, 1.82) is 0 Å². The third-order valence-electron chi connectivity index (χ3n) is 24.3. The van der Waals surface area contributed by atoms with E-state index in [1.54, 1.807) is 0 Å². The first-order valence-corrected chi connectivity index (χ1v) is 45.5. The lowest BCUT2D eigenvalue weighted by molar-refractivity contribution is 0.589. The highest BCUT2D eigenvalue weighted by molar-refractivity contribution is 6.38. The van der Waals surface area contributed by atoms with E-state index in [1.807, 2.05) is 0 Å². The SMILES string of the molecule is CCCCCCCCCc1ccc(-c2ccc3c4ccccc4c4c(-c5ccc(CCCCCCCCC)cc5)c(-c5ccc(CCCCCCCCC)cc5)c(-c5ccc(CCCCCCCCC)cc5)c(-c5ccc(CCCCCCCCC)cc5)c4c3c2-c2ccc(CCCCCCCCC)cc2)cc1. The van der Waals surface area contributed by atoms with Gasteiger partial charge in [0.1, 0.15) is 0 Å². The molecule has 0 spiro atoms. The first-order valence-electron chi connectivity index (χ1n) is 45.5. The molecule has 0 aliphatic heterocycles. The van der Waals surface area contributed by atoms with Gasteiger partial charge in [-0.15, -0.1) is 0 Å². The fourth-order valence-electron chi connectivity index (χ4n) is 17.7. The molecule has 0 amide bonds. The fraction of sp³-hybridized carbons (Fsp3) is 0.500. The third kappa shape index (κ3) is 25.0. The predicted molar refractivity (Wildman–Crippen MR) is 482 cm³/mol. The van der Waals surface area contributed by atoms with Gasteiger partial charge in [0.15, 0.2) is 0 Å². The summed E-state index contributed by atoms with van der Waals surface area (Å²) in [5, 5.41) is 8.06. The summed E-state index contributed by atoms with van der Waals surface area (Å²) < 4.78 is 0. The lowest BCUT2D eigenvalue weighted by Crippen LogP contribution is -2.01. The quantitative estimate of drug-likeness (QED) is 0.0263. The molecular formula is C108H144. The maximum absolute atomic E-state index is 2.56. The van der Waals surface area contributed by atoms with Crippen LogP contribution >= 0.6 is 0 Å². The molecule has 10 rings (SSSR count). The summed E-state index contributed by atoms with van der Waals surface area (Å²) in [6.45, 7) is 14.0. The van der Waals surface area contributed by atoms with Gasteiger partial charge in [0.2, 0.25) is 0 Å². The molecule has 0 saturated carbocycles. The highest BCUT2D eigenvalue weighted by atomic mass is 14.3. The van der Waals surface area contributed by atoms with Crippen LogP contribution in [-0.2, 0) is 38.5 Å². The zero-order valence-corrected chi connectivity index (χ0v) is 69.3. The Balaban J connectivity index is 1.27. The molecule has 0 atom stereocenters. The first-order chi connectivity index (χ1) is 53.5. The lowest BCUT2D eigenvalue weighted by atomic mass is 9.74. The Morgan fingerprint density at radius 3 is 0.630 bits per heavy atom. The second kappa shape index (κ2) is 47.9. The molecule has 108 heavy (non-hydrogen) atoms. The Hall–Kier alpha value is -7.02. The van der Waals surface area contributed by atoms with Gasteiger partial charge in [-0.05, 0) is 210 Å². The maximum atomic E-state index is 2.56. The number of hydrogen-bond donors (Lipinski definition) is 0. The van der Waals surface area contributed by atoms with E-state index in [0.29, 0.717) is 0 Å². The van der Waals surface area contributed by atoms with E-state index in [2.05, 4.69) is 224 Å². The predicted octanol–water partition coefficient (Wildman–Crippen LogP) is 34.9. The van der Waals surface area contributed by atoms with Crippen LogP contribution in [0.1, 0.15) is 345 Å². The van der Waals surface area contributed by atoms with Crippen molar-refractivity contribution in [3.8, 4) is 66.8 Å².